The number of quaternary nitrogens is 1. The largest absolute Gasteiger partial charge is 0.298 e. The maximum atomic E-state index is 12.4. The molecule has 0 bridgehead atoms. The topological polar surface area (TPSA) is 46.2 Å². The first-order chi connectivity index (χ1) is 9.68. The monoisotopic (exact) mass is 305 g/mol. The first-order valence-electron chi connectivity index (χ1n) is 6.70. The summed E-state index contributed by atoms with van der Waals surface area (Å²) in [5, 5.41) is 0. The van der Waals surface area contributed by atoms with E-state index in [4.69, 9.17) is 0 Å². The predicted molar refractivity (Wildman–Crippen MR) is 88.0 cm³/mol. The third-order valence-corrected chi connectivity index (χ3v) is 4.60. The molecule has 0 atom stereocenters. The fraction of sp³-hybridized carbons (Fsp3) is 0.250. The number of sulfonamides is 1. The third kappa shape index (κ3) is 3.83. The van der Waals surface area contributed by atoms with Gasteiger partial charge in [-0.3, -0.25) is 9.21 Å². The molecule has 0 unspecified atom stereocenters. The number of hydrogen-bond donors (Lipinski definition) is 1. The molecule has 0 saturated carbocycles. The standard InChI is InChI=1S/C16H21N2O2S/c1-13-8-10-16(11-9-13)21(19,20)17-14-6-5-7-15(12-14)18(2,3)4/h5-12,17H,1-4H3/q+1. The van der Waals surface area contributed by atoms with Crippen molar-refractivity contribution in [3.05, 3.63) is 54.1 Å². The van der Waals surface area contributed by atoms with Crippen molar-refractivity contribution in [3.8, 4) is 0 Å². The Bertz CT molecular complexity index is 730. The van der Waals surface area contributed by atoms with E-state index in [1.807, 2.05) is 46.3 Å². The van der Waals surface area contributed by atoms with Crippen molar-refractivity contribution in [2.24, 2.45) is 0 Å². The zero-order valence-electron chi connectivity index (χ0n) is 12.8. The van der Waals surface area contributed by atoms with Gasteiger partial charge in [0.2, 0.25) is 0 Å². The Morgan fingerprint density at radius 3 is 2.14 bits per heavy atom. The molecule has 0 saturated heterocycles. The second kappa shape index (κ2) is 5.50. The van der Waals surface area contributed by atoms with Crippen LogP contribution in [0.25, 0.3) is 0 Å². The average Bonchev–Trinajstić information content (AvgIpc) is 2.38. The highest BCUT2D eigenvalue weighted by Crippen LogP contribution is 2.23. The van der Waals surface area contributed by atoms with Crippen molar-refractivity contribution in [1.29, 1.82) is 0 Å². The van der Waals surface area contributed by atoms with Gasteiger partial charge in [0, 0.05) is 6.07 Å². The Morgan fingerprint density at radius 1 is 0.952 bits per heavy atom. The molecule has 0 aliphatic heterocycles. The smallest absolute Gasteiger partial charge is 0.261 e. The van der Waals surface area contributed by atoms with E-state index in [1.165, 1.54) is 0 Å². The number of anilines is 1. The summed E-state index contributed by atoms with van der Waals surface area (Å²) in [6.07, 6.45) is 0. The lowest BCUT2D eigenvalue weighted by Gasteiger charge is -2.23. The van der Waals surface area contributed by atoms with Crippen LogP contribution in [0.3, 0.4) is 0 Å². The highest BCUT2D eigenvalue weighted by molar-refractivity contribution is 7.92. The van der Waals surface area contributed by atoms with Gasteiger partial charge in [-0.2, -0.15) is 0 Å². The van der Waals surface area contributed by atoms with Crippen LogP contribution in [0.15, 0.2) is 53.4 Å². The minimum Gasteiger partial charge on any atom is -0.298 e. The normalized spacial score (nSPS) is 12.2. The van der Waals surface area contributed by atoms with Gasteiger partial charge in [-0.1, -0.05) is 23.8 Å². The van der Waals surface area contributed by atoms with E-state index < -0.39 is 10.0 Å². The molecule has 21 heavy (non-hydrogen) atoms. The molecule has 2 rings (SSSR count). The van der Waals surface area contributed by atoms with Crippen LogP contribution >= 0.6 is 0 Å². The van der Waals surface area contributed by atoms with Crippen LogP contribution in [0.5, 0.6) is 0 Å². The van der Waals surface area contributed by atoms with Gasteiger partial charge in [0.05, 0.1) is 31.7 Å². The lowest BCUT2D eigenvalue weighted by molar-refractivity contribution is 0.486. The highest BCUT2D eigenvalue weighted by atomic mass is 32.2. The number of aryl methyl sites for hydroxylation is 1. The molecule has 0 spiro atoms. The van der Waals surface area contributed by atoms with Crippen molar-refractivity contribution >= 4 is 21.4 Å². The molecule has 2 aromatic rings. The Balaban J connectivity index is 2.31. The Labute approximate surface area is 126 Å². The molecule has 0 fully saturated rings. The Kier molecular flexibility index (Phi) is 4.07. The zero-order chi connectivity index (χ0) is 15.7. The Hall–Kier alpha value is -1.85. The molecule has 0 aromatic heterocycles. The summed E-state index contributed by atoms with van der Waals surface area (Å²) in [7, 11) is 2.56. The van der Waals surface area contributed by atoms with Gasteiger partial charge in [-0.15, -0.1) is 0 Å². The van der Waals surface area contributed by atoms with Crippen LogP contribution in [0, 0.1) is 6.92 Å². The molecule has 2 aromatic carbocycles. The minimum absolute atomic E-state index is 0.267. The van der Waals surface area contributed by atoms with Crippen molar-refractivity contribution in [3.63, 3.8) is 0 Å². The van der Waals surface area contributed by atoms with E-state index >= 15 is 0 Å². The van der Waals surface area contributed by atoms with Crippen LogP contribution in [0.1, 0.15) is 5.56 Å². The van der Waals surface area contributed by atoms with E-state index in [1.54, 1.807) is 30.3 Å². The Morgan fingerprint density at radius 2 is 1.57 bits per heavy atom. The summed E-state index contributed by atoms with van der Waals surface area (Å²) in [4.78, 5) is 0.267. The molecule has 0 heterocycles. The van der Waals surface area contributed by atoms with E-state index in [9.17, 15) is 8.42 Å². The van der Waals surface area contributed by atoms with Gasteiger partial charge >= 0.3 is 0 Å². The van der Waals surface area contributed by atoms with Gasteiger partial charge < -0.3 is 0 Å². The van der Waals surface area contributed by atoms with Crippen LogP contribution in [0.2, 0.25) is 0 Å². The minimum atomic E-state index is -3.55. The second-order valence-electron chi connectivity index (χ2n) is 5.98. The molecule has 112 valence electrons. The van der Waals surface area contributed by atoms with Gasteiger partial charge in [0.1, 0.15) is 5.69 Å². The first kappa shape index (κ1) is 15.5. The fourth-order valence-electron chi connectivity index (χ4n) is 1.92. The summed E-state index contributed by atoms with van der Waals surface area (Å²) >= 11 is 0. The average molecular weight is 305 g/mol. The molecule has 4 nitrogen and oxygen atoms in total. The summed E-state index contributed by atoms with van der Waals surface area (Å²) in [6, 6.07) is 14.2. The lowest BCUT2D eigenvalue weighted by Crippen LogP contribution is -2.34. The number of benzene rings is 2. The molecule has 0 amide bonds. The molecule has 5 heteroatoms. The van der Waals surface area contributed by atoms with E-state index in [2.05, 4.69) is 4.72 Å². The first-order valence-corrected chi connectivity index (χ1v) is 8.18. The summed E-state index contributed by atoms with van der Waals surface area (Å²) < 4.78 is 28.0. The van der Waals surface area contributed by atoms with Crippen LogP contribution < -0.4 is 9.21 Å². The van der Waals surface area contributed by atoms with Gasteiger partial charge in [-0.05, 0) is 31.2 Å². The van der Waals surface area contributed by atoms with Gasteiger partial charge in [0.25, 0.3) is 10.0 Å². The summed E-state index contributed by atoms with van der Waals surface area (Å²) in [6.45, 7) is 1.93. The highest BCUT2D eigenvalue weighted by Gasteiger charge is 2.16. The third-order valence-electron chi connectivity index (χ3n) is 3.20. The quantitative estimate of drug-likeness (QED) is 0.883. The predicted octanol–water partition coefficient (Wildman–Crippen LogP) is 2.99. The van der Waals surface area contributed by atoms with Crippen molar-refractivity contribution in [2.45, 2.75) is 11.8 Å². The maximum Gasteiger partial charge on any atom is 0.261 e. The molecule has 0 aliphatic carbocycles. The SMILES string of the molecule is Cc1ccc(S(=O)(=O)Nc2cccc([N+](C)(C)C)c2)cc1. The number of rotatable bonds is 4. The molecule has 0 aliphatic rings. The molecule has 0 radical (unpaired) electrons. The fourth-order valence-corrected chi connectivity index (χ4v) is 2.97. The summed E-state index contributed by atoms with van der Waals surface area (Å²) in [5.74, 6) is 0. The van der Waals surface area contributed by atoms with Crippen LogP contribution in [0.4, 0.5) is 11.4 Å². The van der Waals surface area contributed by atoms with Crippen LogP contribution in [-0.4, -0.2) is 29.6 Å². The second-order valence-corrected chi connectivity index (χ2v) is 7.66. The van der Waals surface area contributed by atoms with E-state index in [-0.39, 0.29) is 4.90 Å². The van der Waals surface area contributed by atoms with Gasteiger partial charge in [0.15, 0.2) is 0 Å². The maximum absolute atomic E-state index is 12.4. The molecular weight excluding hydrogens is 284 g/mol. The number of hydrogen-bond acceptors (Lipinski definition) is 2. The lowest BCUT2D eigenvalue weighted by atomic mass is 10.2. The molecular formula is C16H21N2O2S+. The van der Waals surface area contributed by atoms with E-state index in [0.717, 1.165) is 11.3 Å². The molecule has 1 N–H and O–H groups in total. The number of nitrogens with one attached hydrogen (secondary N) is 1. The zero-order valence-corrected chi connectivity index (χ0v) is 13.6. The number of nitrogens with zero attached hydrogens (tertiary/aromatic N) is 1. The summed E-state index contributed by atoms with van der Waals surface area (Å²) in [5.41, 5.74) is 2.63. The van der Waals surface area contributed by atoms with Crippen molar-refractivity contribution in [1.82, 2.24) is 4.48 Å². The van der Waals surface area contributed by atoms with E-state index in [0.29, 0.717) is 10.2 Å². The van der Waals surface area contributed by atoms with Crippen molar-refractivity contribution in [2.75, 3.05) is 25.9 Å². The van der Waals surface area contributed by atoms with Gasteiger partial charge in [-0.25, -0.2) is 8.42 Å². The van der Waals surface area contributed by atoms with Crippen molar-refractivity contribution < 1.29 is 8.42 Å². The van der Waals surface area contributed by atoms with Crippen LogP contribution in [-0.2, 0) is 10.0 Å².